The fourth-order valence-corrected chi connectivity index (χ4v) is 2.02. The summed E-state index contributed by atoms with van der Waals surface area (Å²) >= 11 is 0. The van der Waals surface area contributed by atoms with Crippen LogP contribution in [0.4, 0.5) is 4.39 Å². The van der Waals surface area contributed by atoms with E-state index in [0.717, 1.165) is 24.8 Å². The van der Waals surface area contributed by atoms with Crippen molar-refractivity contribution in [2.24, 2.45) is 5.73 Å². The van der Waals surface area contributed by atoms with E-state index in [2.05, 4.69) is 4.98 Å². The molecule has 1 aliphatic carbocycles. The van der Waals surface area contributed by atoms with Crippen molar-refractivity contribution in [2.75, 3.05) is 0 Å². The number of hydrogen-bond donors (Lipinski definition) is 1. The molecular formula is C13H14FN3. The van der Waals surface area contributed by atoms with Crippen molar-refractivity contribution in [3.05, 3.63) is 48.3 Å². The molecule has 1 fully saturated rings. The van der Waals surface area contributed by atoms with Crippen molar-refractivity contribution >= 4 is 0 Å². The standard InChI is InChI=1S/C13H14FN3/c14-11-7-10(8-13(15)3-4-13)1-2-12(11)17-6-5-16-9-17/h1-2,5-7,9H,3-4,8,15H2. The number of hydrogen-bond acceptors (Lipinski definition) is 2. The molecule has 0 aliphatic heterocycles. The number of benzene rings is 1. The van der Waals surface area contributed by atoms with Crippen LogP contribution in [0.25, 0.3) is 5.69 Å². The third-order valence-corrected chi connectivity index (χ3v) is 3.24. The zero-order chi connectivity index (χ0) is 11.9. The summed E-state index contributed by atoms with van der Waals surface area (Å²) in [5.74, 6) is -0.232. The molecule has 4 heteroatoms. The third-order valence-electron chi connectivity index (χ3n) is 3.24. The second kappa shape index (κ2) is 3.67. The van der Waals surface area contributed by atoms with Crippen molar-refractivity contribution in [1.82, 2.24) is 9.55 Å². The van der Waals surface area contributed by atoms with Gasteiger partial charge in [-0.1, -0.05) is 6.07 Å². The Morgan fingerprint density at radius 3 is 2.82 bits per heavy atom. The monoisotopic (exact) mass is 231 g/mol. The molecule has 0 unspecified atom stereocenters. The minimum Gasteiger partial charge on any atom is -0.325 e. The molecule has 1 aromatic heterocycles. The summed E-state index contributed by atoms with van der Waals surface area (Å²) in [5.41, 5.74) is 7.43. The van der Waals surface area contributed by atoms with Gasteiger partial charge in [-0.25, -0.2) is 9.37 Å². The maximum atomic E-state index is 13.9. The normalized spacial score (nSPS) is 17.1. The molecule has 0 bridgehead atoms. The Morgan fingerprint density at radius 1 is 1.41 bits per heavy atom. The smallest absolute Gasteiger partial charge is 0.147 e. The molecule has 0 atom stereocenters. The lowest BCUT2D eigenvalue weighted by molar-refractivity contribution is 0.609. The van der Waals surface area contributed by atoms with Crippen molar-refractivity contribution in [1.29, 1.82) is 0 Å². The highest BCUT2D eigenvalue weighted by Crippen LogP contribution is 2.35. The van der Waals surface area contributed by atoms with Gasteiger partial charge in [0.1, 0.15) is 5.82 Å². The van der Waals surface area contributed by atoms with Gasteiger partial charge in [0.05, 0.1) is 12.0 Å². The van der Waals surface area contributed by atoms with Crippen LogP contribution < -0.4 is 5.73 Å². The molecule has 1 saturated carbocycles. The highest BCUT2D eigenvalue weighted by atomic mass is 19.1. The van der Waals surface area contributed by atoms with Crippen molar-refractivity contribution in [2.45, 2.75) is 24.8 Å². The van der Waals surface area contributed by atoms with Gasteiger partial charge in [-0.2, -0.15) is 0 Å². The molecule has 3 nitrogen and oxygen atoms in total. The molecule has 88 valence electrons. The Balaban J connectivity index is 1.89. The predicted octanol–water partition coefficient (Wildman–Crippen LogP) is 2.05. The number of rotatable bonds is 3. The SMILES string of the molecule is NC1(Cc2ccc(-n3ccnc3)c(F)c2)CC1. The summed E-state index contributed by atoms with van der Waals surface area (Å²) in [5, 5.41) is 0. The lowest BCUT2D eigenvalue weighted by Crippen LogP contribution is -2.24. The van der Waals surface area contributed by atoms with E-state index in [-0.39, 0.29) is 11.4 Å². The van der Waals surface area contributed by atoms with E-state index in [1.807, 2.05) is 6.07 Å². The minimum atomic E-state index is -0.232. The topological polar surface area (TPSA) is 43.8 Å². The highest BCUT2D eigenvalue weighted by molar-refractivity contribution is 5.37. The lowest BCUT2D eigenvalue weighted by Gasteiger charge is -2.10. The Kier molecular flexibility index (Phi) is 2.26. The predicted molar refractivity (Wildman–Crippen MR) is 63.4 cm³/mol. The van der Waals surface area contributed by atoms with E-state index in [0.29, 0.717) is 5.69 Å². The van der Waals surface area contributed by atoms with Gasteiger partial charge in [-0.15, -0.1) is 0 Å². The molecule has 17 heavy (non-hydrogen) atoms. The van der Waals surface area contributed by atoms with Crippen LogP contribution in [0.15, 0.2) is 36.9 Å². The summed E-state index contributed by atoms with van der Waals surface area (Å²) in [6, 6.07) is 5.28. The second-order valence-corrected chi connectivity index (χ2v) is 4.79. The van der Waals surface area contributed by atoms with Crippen molar-refractivity contribution < 1.29 is 4.39 Å². The molecule has 1 heterocycles. The van der Waals surface area contributed by atoms with E-state index in [1.165, 1.54) is 0 Å². The molecule has 0 amide bonds. The van der Waals surface area contributed by atoms with Crippen molar-refractivity contribution in [3.8, 4) is 5.69 Å². The number of imidazole rings is 1. The Morgan fingerprint density at radius 2 is 2.24 bits per heavy atom. The molecule has 2 N–H and O–H groups in total. The van der Waals surface area contributed by atoms with Crippen molar-refractivity contribution in [3.63, 3.8) is 0 Å². The van der Waals surface area contributed by atoms with Gasteiger partial charge in [0, 0.05) is 17.9 Å². The fraction of sp³-hybridized carbons (Fsp3) is 0.308. The van der Waals surface area contributed by atoms with E-state index in [1.54, 1.807) is 35.4 Å². The van der Waals surface area contributed by atoms with Gasteiger partial charge in [0.25, 0.3) is 0 Å². The quantitative estimate of drug-likeness (QED) is 0.878. The molecule has 0 spiro atoms. The zero-order valence-electron chi connectivity index (χ0n) is 9.44. The number of nitrogens with two attached hydrogens (primary N) is 1. The first-order valence-electron chi connectivity index (χ1n) is 5.72. The van der Waals surface area contributed by atoms with E-state index in [4.69, 9.17) is 5.73 Å². The fourth-order valence-electron chi connectivity index (χ4n) is 2.02. The maximum Gasteiger partial charge on any atom is 0.147 e. The minimum absolute atomic E-state index is 0.0804. The van der Waals surface area contributed by atoms with Crippen LogP contribution in [0, 0.1) is 5.82 Å². The summed E-state index contributed by atoms with van der Waals surface area (Å²) in [7, 11) is 0. The molecule has 3 rings (SSSR count). The van der Waals surface area contributed by atoms with Gasteiger partial charge in [-0.05, 0) is 37.0 Å². The molecule has 1 aliphatic rings. The average molecular weight is 231 g/mol. The number of halogens is 1. The zero-order valence-corrected chi connectivity index (χ0v) is 9.44. The van der Waals surface area contributed by atoms with Crippen LogP contribution in [0.1, 0.15) is 18.4 Å². The van der Waals surface area contributed by atoms with Crippen LogP contribution in [0.2, 0.25) is 0 Å². The molecule has 2 aromatic rings. The molecular weight excluding hydrogens is 217 g/mol. The van der Waals surface area contributed by atoms with Crippen LogP contribution in [0.5, 0.6) is 0 Å². The first-order chi connectivity index (χ1) is 8.16. The summed E-state index contributed by atoms with van der Waals surface area (Å²) in [6.45, 7) is 0. The number of nitrogens with zero attached hydrogens (tertiary/aromatic N) is 2. The Hall–Kier alpha value is -1.68. The van der Waals surface area contributed by atoms with Gasteiger partial charge in [0.15, 0.2) is 0 Å². The molecule has 1 aromatic carbocycles. The largest absolute Gasteiger partial charge is 0.325 e. The van der Waals surface area contributed by atoms with Gasteiger partial charge >= 0.3 is 0 Å². The van der Waals surface area contributed by atoms with E-state index in [9.17, 15) is 4.39 Å². The Bertz CT molecular complexity index is 530. The van der Waals surface area contributed by atoms with Crippen LogP contribution >= 0.6 is 0 Å². The highest BCUT2D eigenvalue weighted by Gasteiger charge is 2.38. The van der Waals surface area contributed by atoms with E-state index < -0.39 is 0 Å². The van der Waals surface area contributed by atoms with Gasteiger partial charge < -0.3 is 10.3 Å². The van der Waals surface area contributed by atoms with E-state index >= 15 is 0 Å². The first kappa shape index (κ1) is 10.5. The maximum absolute atomic E-state index is 13.9. The second-order valence-electron chi connectivity index (χ2n) is 4.79. The first-order valence-corrected chi connectivity index (χ1v) is 5.72. The van der Waals surface area contributed by atoms with Crippen LogP contribution in [-0.4, -0.2) is 15.1 Å². The summed E-state index contributed by atoms with van der Waals surface area (Å²) in [6.07, 6.45) is 7.78. The van der Waals surface area contributed by atoms with Crippen LogP contribution in [0.3, 0.4) is 0 Å². The van der Waals surface area contributed by atoms with Gasteiger partial charge in [0.2, 0.25) is 0 Å². The Labute approximate surface area is 99.1 Å². The van der Waals surface area contributed by atoms with Crippen LogP contribution in [-0.2, 0) is 6.42 Å². The molecule has 0 saturated heterocycles. The van der Waals surface area contributed by atoms with Gasteiger partial charge in [-0.3, -0.25) is 0 Å². The summed E-state index contributed by atoms with van der Waals surface area (Å²) in [4.78, 5) is 3.91. The molecule has 0 radical (unpaired) electrons. The number of aromatic nitrogens is 2. The lowest BCUT2D eigenvalue weighted by atomic mass is 10.0. The average Bonchev–Trinajstić information content (AvgIpc) is 2.81. The third kappa shape index (κ3) is 2.08. The summed E-state index contributed by atoms with van der Waals surface area (Å²) < 4.78 is 15.6.